The van der Waals surface area contributed by atoms with Gasteiger partial charge in [0.15, 0.2) is 0 Å². The molecule has 0 spiro atoms. The van der Waals surface area contributed by atoms with E-state index < -0.39 is 11.7 Å². The molecule has 0 saturated heterocycles. The Bertz CT molecular complexity index is 1070. The third-order valence-electron chi connectivity index (χ3n) is 3.85. The molecule has 3 rings (SSSR count). The first kappa shape index (κ1) is 18.3. The first-order valence-electron chi connectivity index (χ1n) is 8.47. The number of anilines is 1. The number of hydrogen-bond donors (Lipinski definition) is 2. The number of carbonyl (C=O) groups is 1. The van der Waals surface area contributed by atoms with Crippen molar-refractivity contribution in [2.24, 2.45) is 0 Å². The molecule has 2 aromatic carbocycles. The number of nitrogens with one attached hydrogen (secondary N) is 2. The van der Waals surface area contributed by atoms with Crippen LogP contribution in [0.1, 0.15) is 31.9 Å². The van der Waals surface area contributed by atoms with Gasteiger partial charge < -0.3 is 14.7 Å². The summed E-state index contributed by atoms with van der Waals surface area (Å²) in [6.45, 7) is 5.67. The van der Waals surface area contributed by atoms with Gasteiger partial charge in [-0.3, -0.25) is 4.90 Å². The zero-order valence-electron chi connectivity index (χ0n) is 15.4. The van der Waals surface area contributed by atoms with Gasteiger partial charge in [-0.05, 0) is 56.7 Å². The molecular weight excluding hydrogens is 344 g/mol. The first-order valence-corrected chi connectivity index (χ1v) is 8.47. The summed E-state index contributed by atoms with van der Waals surface area (Å²) >= 11 is 0. The largest absolute Gasteiger partial charge is 0.443 e. The predicted molar refractivity (Wildman–Crippen MR) is 102 cm³/mol. The molecular formula is C20H20N4O3. The molecule has 0 saturated carbocycles. The summed E-state index contributed by atoms with van der Waals surface area (Å²) in [5, 5.41) is 8.94. The number of aromatic amines is 2. The number of nitriles is 1. The van der Waals surface area contributed by atoms with Gasteiger partial charge in [0.05, 0.1) is 29.2 Å². The molecule has 1 heterocycles. The molecule has 0 aliphatic carbocycles. The van der Waals surface area contributed by atoms with Crippen LogP contribution in [0.5, 0.6) is 0 Å². The van der Waals surface area contributed by atoms with E-state index in [0.29, 0.717) is 22.3 Å². The van der Waals surface area contributed by atoms with Gasteiger partial charge in [-0.15, -0.1) is 0 Å². The van der Waals surface area contributed by atoms with Gasteiger partial charge in [-0.2, -0.15) is 5.26 Å². The smallest absolute Gasteiger partial charge is 0.415 e. The monoisotopic (exact) mass is 364 g/mol. The van der Waals surface area contributed by atoms with E-state index in [1.807, 2.05) is 0 Å². The average molecular weight is 364 g/mol. The number of nitrogens with zero attached hydrogens (tertiary/aromatic N) is 2. The van der Waals surface area contributed by atoms with Crippen molar-refractivity contribution in [3.63, 3.8) is 0 Å². The van der Waals surface area contributed by atoms with Crippen molar-refractivity contribution in [3.05, 3.63) is 64.1 Å². The molecule has 0 unspecified atom stereocenters. The number of rotatable bonds is 3. The fraction of sp³-hybridized carbons (Fsp3) is 0.250. The Morgan fingerprint density at radius 3 is 2.41 bits per heavy atom. The Balaban J connectivity index is 1.97. The second-order valence-corrected chi connectivity index (χ2v) is 7.18. The molecule has 0 aliphatic rings. The summed E-state index contributed by atoms with van der Waals surface area (Å²) in [5.74, 6) is 0. The molecule has 1 amide bonds. The van der Waals surface area contributed by atoms with E-state index >= 15 is 0 Å². The second-order valence-electron chi connectivity index (χ2n) is 7.18. The van der Waals surface area contributed by atoms with Gasteiger partial charge in [0.25, 0.3) is 0 Å². The number of H-pyrrole nitrogens is 2. The summed E-state index contributed by atoms with van der Waals surface area (Å²) in [7, 11) is 0. The fourth-order valence-corrected chi connectivity index (χ4v) is 2.63. The number of imidazole rings is 1. The summed E-state index contributed by atoms with van der Waals surface area (Å²) in [6.07, 6.45) is -0.496. The van der Waals surface area contributed by atoms with E-state index in [1.165, 1.54) is 4.90 Å². The Morgan fingerprint density at radius 1 is 1.11 bits per heavy atom. The highest BCUT2D eigenvalue weighted by molar-refractivity contribution is 5.91. The number of benzene rings is 2. The lowest BCUT2D eigenvalue weighted by atomic mass is 10.1. The standard InChI is InChI=1S/C20H20N4O3/c1-20(2,3)27-19(26)24(12-14-6-4-13(11-21)5-7-14)15-8-9-16-17(10-15)23-18(25)22-16/h4-10H,12H2,1-3H3,(H2,22,23,25). The number of carbonyl (C=O) groups excluding carboxylic acids is 1. The van der Waals surface area contributed by atoms with E-state index in [1.54, 1.807) is 63.2 Å². The average Bonchev–Trinajstić information content (AvgIpc) is 2.97. The van der Waals surface area contributed by atoms with E-state index in [4.69, 9.17) is 10.00 Å². The van der Waals surface area contributed by atoms with Crippen molar-refractivity contribution in [2.75, 3.05) is 4.90 Å². The normalized spacial score (nSPS) is 11.2. The summed E-state index contributed by atoms with van der Waals surface area (Å²) in [6, 6.07) is 14.3. The van der Waals surface area contributed by atoms with Gasteiger partial charge in [0, 0.05) is 5.69 Å². The highest BCUT2D eigenvalue weighted by Crippen LogP contribution is 2.24. The van der Waals surface area contributed by atoms with Gasteiger partial charge in [-0.1, -0.05) is 12.1 Å². The fourth-order valence-electron chi connectivity index (χ4n) is 2.63. The van der Waals surface area contributed by atoms with E-state index in [-0.39, 0.29) is 12.2 Å². The number of amides is 1. The summed E-state index contributed by atoms with van der Waals surface area (Å²) < 4.78 is 5.54. The van der Waals surface area contributed by atoms with Crippen LogP contribution >= 0.6 is 0 Å². The highest BCUT2D eigenvalue weighted by Gasteiger charge is 2.24. The Hall–Kier alpha value is -3.53. The molecule has 7 heteroatoms. The van der Waals surface area contributed by atoms with Crippen LogP contribution < -0.4 is 10.6 Å². The van der Waals surface area contributed by atoms with Crippen molar-refractivity contribution in [3.8, 4) is 6.07 Å². The van der Waals surface area contributed by atoms with Gasteiger partial charge in [0.1, 0.15) is 5.60 Å². The maximum atomic E-state index is 12.8. The quantitative estimate of drug-likeness (QED) is 0.740. The molecule has 0 radical (unpaired) electrons. The molecule has 0 fully saturated rings. The van der Waals surface area contributed by atoms with Crippen molar-refractivity contribution in [2.45, 2.75) is 32.9 Å². The minimum Gasteiger partial charge on any atom is -0.443 e. The number of hydrogen-bond acceptors (Lipinski definition) is 4. The van der Waals surface area contributed by atoms with Crippen LogP contribution in [0.4, 0.5) is 10.5 Å². The van der Waals surface area contributed by atoms with Crippen LogP contribution in [-0.4, -0.2) is 21.7 Å². The zero-order valence-corrected chi connectivity index (χ0v) is 15.4. The number of fused-ring (bicyclic) bond motifs is 1. The SMILES string of the molecule is CC(C)(C)OC(=O)N(Cc1ccc(C#N)cc1)c1ccc2[nH]c(=O)[nH]c2c1. The van der Waals surface area contributed by atoms with Crippen molar-refractivity contribution in [1.82, 2.24) is 9.97 Å². The van der Waals surface area contributed by atoms with Crippen molar-refractivity contribution >= 4 is 22.8 Å². The molecule has 0 bridgehead atoms. The minimum absolute atomic E-state index is 0.265. The van der Waals surface area contributed by atoms with E-state index in [2.05, 4.69) is 16.0 Å². The highest BCUT2D eigenvalue weighted by atomic mass is 16.6. The third-order valence-corrected chi connectivity index (χ3v) is 3.85. The van der Waals surface area contributed by atoms with Gasteiger partial charge in [0.2, 0.25) is 0 Å². The van der Waals surface area contributed by atoms with Crippen LogP contribution in [0.3, 0.4) is 0 Å². The molecule has 0 atom stereocenters. The lowest BCUT2D eigenvalue weighted by Gasteiger charge is -2.27. The molecule has 2 N–H and O–H groups in total. The van der Waals surface area contributed by atoms with E-state index in [9.17, 15) is 9.59 Å². The minimum atomic E-state index is -0.646. The lowest BCUT2D eigenvalue weighted by Crippen LogP contribution is -2.36. The van der Waals surface area contributed by atoms with Crippen LogP contribution in [0.25, 0.3) is 11.0 Å². The summed E-state index contributed by atoms with van der Waals surface area (Å²) in [5.41, 5.74) is 2.30. The summed E-state index contributed by atoms with van der Waals surface area (Å²) in [4.78, 5) is 31.2. The number of ether oxygens (including phenoxy) is 1. The van der Waals surface area contributed by atoms with Crippen molar-refractivity contribution < 1.29 is 9.53 Å². The third kappa shape index (κ3) is 4.36. The number of aromatic nitrogens is 2. The Morgan fingerprint density at radius 2 is 1.78 bits per heavy atom. The Labute approximate surface area is 156 Å². The maximum Gasteiger partial charge on any atom is 0.415 e. The zero-order chi connectivity index (χ0) is 19.6. The van der Waals surface area contributed by atoms with Gasteiger partial charge in [-0.25, -0.2) is 9.59 Å². The predicted octanol–water partition coefficient (Wildman–Crippen LogP) is 3.67. The molecule has 7 nitrogen and oxygen atoms in total. The van der Waals surface area contributed by atoms with Crippen LogP contribution in [0.2, 0.25) is 0 Å². The molecule has 138 valence electrons. The van der Waals surface area contributed by atoms with E-state index in [0.717, 1.165) is 5.56 Å². The molecule has 1 aromatic heterocycles. The topological polar surface area (TPSA) is 102 Å². The molecule has 27 heavy (non-hydrogen) atoms. The lowest BCUT2D eigenvalue weighted by molar-refractivity contribution is 0.0577. The Kier molecular flexibility index (Phi) is 4.74. The maximum absolute atomic E-state index is 12.8. The molecule has 0 aliphatic heterocycles. The molecule has 3 aromatic rings. The van der Waals surface area contributed by atoms with Crippen molar-refractivity contribution in [1.29, 1.82) is 5.26 Å². The van der Waals surface area contributed by atoms with Crippen LogP contribution in [0.15, 0.2) is 47.3 Å². The second kappa shape index (κ2) is 7.00. The van der Waals surface area contributed by atoms with Crippen LogP contribution in [-0.2, 0) is 11.3 Å². The van der Waals surface area contributed by atoms with Gasteiger partial charge >= 0.3 is 11.8 Å². The van der Waals surface area contributed by atoms with Crippen LogP contribution in [0, 0.1) is 11.3 Å². The first-order chi connectivity index (χ1) is 12.7.